The fourth-order valence-corrected chi connectivity index (χ4v) is 1.66. The van der Waals surface area contributed by atoms with Crippen molar-refractivity contribution in [2.75, 3.05) is 48.8 Å². The molecule has 0 radical (unpaired) electrons. The molecule has 0 spiro atoms. The van der Waals surface area contributed by atoms with Crippen molar-refractivity contribution >= 4 is 0 Å². The molecule has 0 atom stereocenters. The molecule has 0 rings (SSSR count). The van der Waals surface area contributed by atoms with Gasteiger partial charge in [0.25, 0.3) is 0 Å². The molecule has 0 saturated carbocycles. The summed E-state index contributed by atoms with van der Waals surface area (Å²) in [5.41, 5.74) is 0. The molecular weight excluding hydrogens is 242 g/mol. The van der Waals surface area contributed by atoms with Crippen molar-refractivity contribution in [3.63, 3.8) is 0 Å². The highest BCUT2D eigenvalue weighted by atomic mass is 17.1. The molecule has 5 nitrogen and oxygen atoms in total. The number of nitrogens with zero attached hydrogens (tertiary/aromatic N) is 3. The van der Waals surface area contributed by atoms with Crippen molar-refractivity contribution in [1.29, 1.82) is 0 Å². The van der Waals surface area contributed by atoms with Gasteiger partial charge in [0.1, 0.15) is 42.3 Å². The smallest absolute Gasteiger partial charge is 0.100 e. The van der Waals surface area contributed by atoms with Gasteiger partial charge in [0, 0.05) is 5.23 Å². The van der Waals surface area contributed by atoms with Crippen LogP contribution in [0, 0.1) is 0 Å². The third-order valence-electron chi connectivity index (χ3n) is 2.37. The summed E-state index contributed by atoms with van der Waals surface area (Å²) in [6.07, 6.45) is 7.61. The first kappa shape index (κ1) is 18.8. The van der Waals surface area contributed by atoms with Gasteiger partial charge in [-0.3, -0.25) is 0 Å². The highest BCUT2D eigenvalue weighted by molar-refractivity contribution is 4.44. The monoisotopic (exact) mass is 277 g/mol. The molecule has 0 N–H and O–H groups in total. The summed E-state index contributed by atoms with van der Waals surface area (Å²) in [5, 5.41) is 1.62. The Kier molecular flexibility index (Phi) is 8.78. The molecule has 0 aliphatic carbocycles. The van der Waals surface area contributed by atoms with Crippen LogP contribution in [0.2, 0.25) is 0 Å². The summed E-state index contributed by atoms with van der Waals surface area (Å²) < 4.78 is 0.797. The van der Waals surface area contributed by atoms with Crippen LogP contribution < -0.4 is 0 Å². The molecule has 0 aromatic rings. The Morgan fingerprint density at radius 1 is 0.684 bits per heavy atom. The predicted molar refractivity (Wildman–Crippen MR) is 78.3 cm³/mol. The average molecular weight is 277 g/mol. The van der Waals surface area contributed by atoms with Crippen molar-refractivity contribution in [1.82, 2.24) is 5.23 Å². The lowest BCUT2D eigenvalue weighted by molar-refractivity contribution is -1.16. The van der Waals surface area contributed by atoms with Gasteiger partial charge in [0.15, 0.2) is 0 Å². The lowest BCUT2D eigenvalue weighted by Gasteiger charge is -2.31. The van der Waals surface area contributed by atoms with Crippen LogP contribution in [0.4, 0.5) is 0 Å². The third kappa shape index (κ3) is 14.0. The van der Waals surface area contributed by atoms with Crippen LogP contribution in [0.15, 0.2) is 0 Å². The van der Waals surface area contributed by atoms with Crippen molar-refractivity contribution in [3.05, 3.63) is 0 Å². The maximum atomic E-state index is 5.77. The molecule has 0 saturated heterocycles. The second-order valence-electron chi connectivity index (χ2n) is 6.77. The van der Waals surface area contributed by atoms with Crippen LogP contribution in [-0.2, 0) is 9.88 Å². The molecule has 0 heterocycles. The standard InChI is InChI=1S/C14H35N3O2/c1-8-9-10-11-12-13-14-15(18-16(2,3)4)19-17(5,6)7/h8-14H2,1-7H3/q+2. The first-order valence-electron chi connectivity index (χ1n) is 7.44. The average Bonchev–Trinajstić information content (AvgIpc) is 2.18. The molecule has 5 heteroatoms. The number of hydroxylamine groups is 8. The molecule has 0 aromatic carbocycles. The molecular formula is C14H35N3O2+2. The first-order valence-corrected chi connectivity index (χ1v) is 7.44. The first-order chi connectivity index (χ1) is 8.64. The highest BCUT2D eigenvalue weighted by Gasteiger charge is 2.24. The van der Waals surface area contributed by atoms with Crippen molar-refractivity contribution in [3.8, 4) is 0 Å². The zero-order valence-electron chi connectivity index (χ0n) is 14.1. The summed E-state index contributed by atoms with van der Waals surface area (Å²) in [4.78, 5) is 11.5. The van der Waals surface area contributed by atoms with Crippen LogP contribution in [0.5, 0.6) is 0 Å². The Labute approximate surface area is 119 Å². The number of quaternary nitrogens is 2. The maximum absolute atomic E-state index is 5.77. The minimum absolute atomic E-state index is 0.399. The summed E-state index contributed by atoms with van der Waals surface area (Å²) in [7, 11) is 11.9. The van der Waals surface area contributed by atoms with Gasteiger partial charge in [-0.1, -0.05) is 48.9 Å². The minimum Gasteiger partial charge on any atom is -0.164 e. The quantitative estimate of drug-likeness (QED) is 0.329. The highest BCUT2D eigenvalue weighted by Crippen LogP contribution is 2.10. The van der Waals surface area contributed by atoms with E-state index < -0.39 is 0 Å². The minimum atomic E-state index is 0.399. The fraction of sp³-hybridized carbons (Fsp3) is 1.00. The molecule has 0 aliphatic rings. The number of hydrogen-bond acceptors (Lipinski definition) is 3. The van der Waals surface area contributed by atoms with Gasteiger partial charge in [-0.25, -0.2) is 0 Å². The maximum Gasteiger partial charge on any atom is 0.100 e. The van der Waals surface area contributed by atoms with Gasteiger partial charge in [-0.2, -0.15) is 9.29 Å². The van der Waals surface area contributed by atoms with E-state index in [1.165, 1.54) is 32.1 Å². The Balaban J connectivity index is 3.99. The molecule has 19 heavy (non-hydrogen) atoms. The van der Waals surface area contributed by atoms with E-state index in [1.807, 2.05) is 42.3 Å². The normalized spacial score (nSPS) is 13.3. The number of unbranched alkanes of at least 4 members (excludes halogenated alkanes) is 5. The summed E-state index contributed by atoms with van der Waals surface area (Å²) in [6.45, 7) is 3.04. The third-order valence-corrected chi connectivity index (χ3v) is 2.37. The van der Waals surface area contributed by atoms with Crippen molar-refractivity contribution < 1.29 is 19.2 Å². The van der Waals surface area contributed by atoms with Crippen LogP contribution in [0.25, 0.3) is 0 Å². The largest absolute Gasteiger partial charge is 0.164 e. The number of rotatable bonds is 11. The second-order valence-corrected chi connectivity index (χ2v) is 6.77. The Bertz CT molecular complexity index is 206. The molecule has 0 fully saturated rings. The zero-order valence-corrected chi connectivity index (χ0v) is 14.1. The van der Waals surface area contributed by atoms with E-state index in [9.17, 15) is 0 Å². The lowest BCUT2D eigenvalue weighted by Crippen LogP contribution is -2.49. The Morgan fingerprint density at radius 3 is 1.53 bits per heavy atom. The van der Waals surface area contributed by atoms with E-state index in [1.54, 1.807) is 5.23 Å². The van der Waals surface area contributed by atoms with Crippen LogP contribution in [0.1, 0.15) is 45.4 Å². The van der Waals surface area contributed by atoms with E-state index in [0.29, 0.717) is 9.29 Å². The summed E-state index contributed by atoms with van der Waals surface area (Å²) >= 11 is 0. The SMILES string of the molecule is CCCCCCCCN(O[N+](C)(C)C)O[N+](C)(C)C. The Morgan fingerprint density at radius 2 is 1.11 bits per heavy atom. The van der Waals surface area contributed by atoms with Gasteiger partial charge in [-0.15, -0.1) is 0 Å². The summed E-state index contributed by atoms with van der Waals surface area (Å²) in [5.74, 6) is 0. The van der Waals surface area contributed by atoms with E-state index >= 15 is 0 Å². The molecule has 0 unspecified atom stereocenters. The van der Waals surface area contributed by atoms with Gasteiger partial charge in [0.2, 0.25) is 0 Å². The van der Waals surface area contributed by atoms with Gasteiger partial charge in [-0.05, 0) is 6.42 Å². The van der Waals surface area contributed by atoms with Crippen molar-refractivity contribution in [2.24, 2.45) is 0 Å². The van der Waals surface area contributed by atoms with E-state index in [4.69, 9.17) is 9.88 Å². The molecule has 0 aromatic heterocycles. The molecule has 0 aliphatic heterocycles. The van der Waals surface area contributed by atoms with Gasteiger partial charge >= 0.3 is 0 Å². The van der Waals surface area contributed by atoms with Crippen LogP contribution in [-0.4, -0.2) is 63.3 Å². The topological polar surface area (TPSA) is 21.7 Å². The second kappa shape index (κ2) is 8.87. The number of hydrogen-bond donors (Lipinski definition) is 0. The van der Waals surface area contributed by atoms with Crippen molar-refractivity contribution in [2.45, 2.75) is 45.4 Å². The zero-order chi connectivity index (χ0) is 14.9. The van der Waals surface area contributed by atoms with E-state index in [-0.39, 0.29) is 0 Å². The fourth-order valence-electron chi connectivity index (χ4n) is 1.66. The summed E-state index contributed by atoms with van der Waals surface area (Å²) in [6, 6.07) is 0. The molecule has 116 valence electrons. The van der Waals surface area contributed by atoms with E-state index in [2.05, 4.69) is 6.92 Å². The lowest BCUT2D eigenvalue weighted by atomic mass is 10.1. The van der Waals surface area contributed by atoms with E-state index in [0.717, 1.165) is 13.0 Å². The van der Waals surface area contributed by atoms with Crippen LogP contribution in [0.3, 0.4) is 0 Å². The molecule has 0 amide bonds. The Hall–Kier alpha value is -0.200. The van der Waals surface area contributed by atoms with Gasteiger partial charge in [0.05, 0.1) is 6.54 Å². The van der Waals surface area contributed by atoms with Gasteiger partial charge < -0.3 is 0 Å². The van der Waals surface area contributed by atoms with Crippen LogP contribution >= 0.6 is 0 Å². The molecule has 0 bridgehead atoms. The predicted octanol–water partition coefficient (Wildman–Crippen LogP) is 2.75.